The van der Waals surface area contributed by atoms with Crippen molar-refractivity contribution in [3.8, 4) is 11.3 Å². The van der Waals surface area contributed by atoms with Crippen molar-refractivity contribution in [1.29, 1.82) is 0 Å². The first-order valence-electron chi connectivity index (χ1n) is 7.67. The predicted octanol–water partition coefficient (Wildman–Crippen LogP) is 2.07. The molecule has 0 aliphatic rings. The zero-order valence-corrected chi connectivity index (χ0v) is 13.0. The Morgan fingerprint density at radius 3 is 2.83 bits per heavy atom. The van der Waals surface area contributed by atoms with Crippen LogP contribution >= 0.6 is 0 Å². The van der Waals surface area contributed by atoms with E-state index in [1.807, 2.05) is 43.3 Å². The molecule has 0 amide bonds. The monoisotopic (exact) mass is 312 g/mol. The highest BCUT2D eigenvalue weighted by atomic mass is 16.3. The molecule has 0 radical (unpaired) electrons. The van der Waals surface area contributed by atoms with Crippen LogP contribution in [0.3, 0.4) is 0 Å². The number of imidazole rings is 1. The number of hydrogen-bond donors (Lipinski definition) is 3. The van der Waals surface area contributed by atoms with Crippen LogP contribution < -0.4 is 5.32 Å². The van der Waals surface area contributed by atoms with Crippen LogP contribution in [-0.4, -0.2) is 37.5 Å². The first-order valence-corrected chi connectivity index (χ1v) is 7.67. The van der Waals surface area contributed by atoms with Crippen LogP contribution in [0.25, 0.3) is 16.9 Å². The van der Waals surface area contributed by atoms with Crippen molar-refractivity contribution in [1.82, 2.24) is 14.6 Å². The van der Waals surface area contributed by atoms with Crippen LogP contribution in [0, 0.1) is 0 Å². The van der Waals surface area contributed by atoms with Crippen LogP contribution in [0.4, 0.5) is 5.82 Å². The molecule has 0 saturated carbocycles. The third-order valence-corrected chi connectivity index (χ3v) is 3.83. The van der Waals surface area contributed by atoms with Crippen LogP contribution in [-0.2, 0) is 6.61 Å². The Bertz CT molecular complexity index is 796. The van der Waals surface area contributed by atoms with E-state index in [1.165, 1.54) is 0 Å². The van der Waals surface area contributed by atoms with Crippen LogP contribution in [0.1, 0.15) is 18.9 Å². The number of hydrogen-bond acceptors (Lipinski definition) is 5. The average molecular weight is 312 g/mol. The molecule has 0 aliphatic heterocycles. The van der Waals surface area contributed by atoms with E-state index >= 15 is 0 Å². The molecule has 0 fully saturated rings. The molecule has 0 bridgehead atoms. The number of rotatable bonds is 6. The summed E-state index contributed by atoms with van der Waals surface area (Å²) in [6, 6.07) is 11.4. The van der Waals surface area contributed by atoms with Crippen molar-refractivity contribution in [2.24, 2.45) is 0 Å². The summed E-state index contributed by atoms with van der Waals surface area (Å²) >= 11 is 0. The summed E-state index contributed by atoms with van der Waals surface area (Å²) < 4.78 is 1.77. The summed E-state index contributed by atoms with van der Waals surface area (Å²) in [4.78, 5) is 4.37. The fourth-order valence-electron chi connectivity index (χ4n) is 2.46. The van der Waals surface area contributed by atoms with Gasteiger partial charge in [0.15, 0.2) is 5.65 Å². The van der Waals surface area contributed by atoms with Gasteiger partial charge in [-0.1, -0.05) is 25.1 Å². The highest BCUT2D eigenvalue weighted by molar-refractivity contribution is 5.64. The Hall–Kier alpha value is -2.44. The molecule has 1 unspecified atom stereocenters. The van der Waals surface area contributed by atoms with Crippen molar-refractivity contribution in [2.45, 2.75) is 26.0 Å². The van der Waals surface area contributed by atoms with Crippen LogP contribution in [0.15, 0.2) is 42.6 Å². The van der Waals surface area contributed by atoms with Crippen molar-refractivity contribution < 1.29 is 10.2 Å². The smallest absolute Gasteiger partial charge is 0.154 e. The largest absolute Gasteiger partial charge is 0.394 e. The summed E-state index contributed by atoms with van der Waals surface area (Å²) in [6.45, 7) is 2.07. The average Bonchev–Trinajstić information content (AvgIpc) is 3.03. The molecular weight excluding hydrogens is 292 g/mol. The van der Waals surface area contributed by atoms with Gasteiger partial charge in [0.1, 0.15) is 5.82 Å². The number of benzene rings is 1. The zero-order chi connectivity index (χ0) is 16.2. The number of aliphatic hydroxyl groups is 2. The van der Waals surface area contributed by atoms with E-state index in [2.05, 4.69) is 15.4 Å². The number of anilines is 1. The van der Waals surface area contributed by atoms with Gasteiger partial charge in [0.2, 0.25) is 0 Å². The minimum absolute atomic E-state index is 0.000505. The summed E-state index contributed by atoms with van der Waals surface area (Å²) in [6.07, 6.45) is 2.58. The Morgan fingerprint density at radius 1 is 1.22 bits per heavy atom. The molecule has 0 saturated heterocycles. The second-order valence-corrected chi connectivity index (χ2v) is 5.42. The number of nitrogens with zero attached hydrogens (tertiary/aromatic N) is 3. The van der Waals surface area contributed by atoms with Gasteiger partial charge in [0.05, 0.1) is 31.1 Å². The van der Waals surface area contributed by atoms with Gasteiger partial charge in [-0.25, -0.2) is 9.50 Å². The maximum absolute atomic E-state index is 9.32. The van der Waals surface area contributed by atoms with Crippen LogP contribution in [0.2, 0.25) is 0 Å². The van der Waals surface area contributed by atoms with Crippen molar-refractivity contribution in [3.63, 3.8) is 0 Å². The number of aromatic nitrogens is 3. The van der Waals surface area contributed by atoms with E-state index in [0.29, 0.717) is 5.82 Å². The highest BCUT2D eigenvalue weighted by Crippen LogP contribution is 2.22. The molecule has 120 valence electrons. The molecule has 2 heterocycles. The second-order valence-electron chi connectivity index (χ2n) is 5.42. The molecule has 3 rings (SSSR count). The number of nitrogens with one attached hydrogen (secondary N) is 1. The molecular formula is C17H20N4O2. The lowest BCUT2D eigenvalue weighted by Gasteiger charge is -2.14. The lowest BCUT2D eigenvalue weighted by molar-refractivity contribution is 0.271. The van der Waals surface area contributed by atoms with Gasteiger partial charge >= 0.3 is 0 Å². The van der Waals surface area contributed by atoms with E-state index in [0.717, 1.165) is 28.9 Å². The van der Waals surface area contributed by atoms with Gasteiger partial charge < -0.3 is 15.5 Å². The summed E-state index contributed by atoms with van der Waals surface area (Å²) in [5, 5.41) is 26.4. The van der Waals surface area contributed by atoms with Gasteiger partial charge in [-0.05, 0) is 30.2 Å². The first kappa shape index (κ1) is 15.5. The quantitative estimate of drug-likeness (QED) is 0.649. The Morgan fingerprint density at radius 2 is 2.09 bits per heavy atom. The standard InChI is InChI=1S/C17H20N4O2/c1-2-14(11-23)19-16-6-7-17-18-9-15(21(17)20-16)13-5-3-4-12(8-13)10-22/h3-9,14,22-23H,2,10-11H2,1H3,(H,19,20). The SMILES string of the molecule is CCC(CO)Nc1ccc2ncc(-c3cccc(CO)c3)n2n1. The molecule has 1 aromatic carbocycles. The molecule has 6 nitrogen and oxygen atoms in total. The van der Waals surface area contributed by atoms with Crippen molar-refractivity contribution >= 4 is 11.5 Å². The highest BCUT2D eigenvalue weighted by Gasteiger charge is 2.10. The van der Waals surface area contributed by atoms with E-state index in [9.17, 15) is 10.2 Å². The lowest BCUT2D eigenvalue weighted by atomic mass is 10.1. The predicted molar refractivity (Wildman–Crippen MR) is 89.1 cm³/mol. The molecule has 3 N–H and O–H groups in total. The third kappa shape index (κ3) is 3.18. The minimum atomic E-state index is -0.0235. The van der Waals surface area contributed by atoms with Crippen molar-refractivity contribution in [3.05, 3.63) is 48.2 Å². The van der Waals surface area contributed by atoms with Gasteiger partial charge in [0, 0.05) is 5.56 Å². The zero-order valence-electron chi connectivity index (χ0n) is 13.0. The molecule has 3 aromatic rings. The van der Waals surface area contributed by atoms with Gasteiger partial charge in [-0.15, -0.1) is 5.10 Å². The molecule has 0 spiro atoms. The third-order valence-electron chi connectivity index (χ3n) is 3.83. The Kier molecular flexibility index (Phi) is 4.55. The normalized spacial score (nSPS) is 12.5. The van der Waals surface area contributed by atoms with Gasteiger partial charge in [0.25, 0.3) is 0 Å². The van der Waals surface area contributed by atoms with Gasteiger partial charge in [-0.2, -0.15) is 0 Å². The van der Waals surface area contributed by atoms with Crippen LogP contribution in [0.5, 0.6) is 0 Å². The number of aliphatic hydroxyl groups excluding tert-OH is 2. The lowest BCUT2D eigenvalue weighted by Crippen LogP contribution is -2.23. The fraction of sp³-hybridized carbons (Fsp3) is 0.294. The maximum atomic E-state index is 9.32. The second kappa shape index (κ2) is 6.76. The van der Waals surface area contributed by atoms with Gasteiger partial charge in [-0.3, -0.25) is 0 Å². The van der Waals surface area contributed by atoms with E-state index < -0.39 is 0 Å². The summed E-state index contributed by atoms with van der Waals surface area (Å²) in [7, 11) is 0. The van der Waals surface area contributed by atoms with E-state index in [1.54, 1.807) is 10.7 Å². The molecule has 0 aliphatic carbocycles. The molecule has 1 atom stereocenters. The van der Waals surface area contributed by atoms with E-state index in [4.69, 9.17) is 0 Å². The molecule has 6 heteroatoms. The topological polar surface area (TPSA) is 82.7 Å². The summed E-state index contributed by atoms with van der Waals surface area (Å²) in [5.41, 5.74) is 3.40. The molecule has 2 aromatic heterocycles. The fourth-order valence-corrected chi connectivity index (χ4v) is 2.46. The minimum Gasteiger partial charge on any atom is -0.394 e. The van der Waals surface area contributed by atoms with Crippen molar-refractivity contribution in [2.75, 3.05) is 11.9 Å². The molecule has 23 heavy (non-hydrogen) atoms. The number of fused-ring (bicyclic) bond motifs is 1. The Balaban J connectivity index is 2.01. The first-order chi connectivity index (χ1) is 11.2. The Labute approximate surface area is 134 Å². The van der Waals surface area contributed by atoms with E-state index in [-0.39, 0.29) is 19.3 Å². The maximum Gasteiger partial charge on any atom is 0.154 e. The summed E-state index contributed by atoms with van der Waals surface area (Å²) in [5.74, 6) is 0.691.